The number of amides is 1. The van der Waals surface area contributed by atoms with Gasteiger partial charge in [-0.2, -0.15) is 0 Å². The summed E-state index contributed by atoms with van der Waals surface area (Å²) >= 11 is 0. The van der Waals surface area contributed by atoms with Crippen molar-refractivity contribution in [3.8, 4) is 5.75 Å². The van der Waals surface area contributed by atoms with Gasteiger partial charge in [0.1, 0.15) is 5.75 Å². The summed E-state index contributed by atoms with van der Waals surface area (Å²) in [6.07, 6.45) is 0. The number of nitrogen functional groups attached to an aromatic ring is 1. The van der Waals surface area contributed by atoms with Crippen LogP contribution >= 0.6 is 0 Å². The van der Waals surface area contributed by atoms with E-state index in [1.54, 1.807) is 30.3 Å². The number of para-hydroxylation sites is 1. The predicted molar refractivity (Wildman–Crippen MR) is 99.3 cm³/mol. The molecule has 0 aromatic heterocycles. The van der Waals surface area contributed by atoms with Gasteiger partial charge in [0.25, 0.3) is 5.91 Å². The average molecular weight is 331 g/mol. The molecule has 1 amide bonds. The number of benzene rings is 3. The van der Waals surface area contributed by atoms with Crippen LogP contribution in [-0.2, 0) is 0 Å². The van der Waals surface area contributed by atoms with Crippen molar-refractivity contribution >= 4 is 23.0 Å². The number of carbonyl (C=O) groups excluding carboxylic acids is 1. The Labute approximate surface area is 145 Å². The maximum atomic E-state index is 12.3. The fraction of sp³-hybridized carbons (Fsp3) is 0. The van der Waals surface area contributed by atoms with Crippen molar-refractivity contribution in [1.82, 2.24) is 0 Å². The number of nitrogens with two attached hydrogens (primary N) is 1. The van der Waals surface area contributed by atoms with E-state index in [-0.39, 0.29) is 17.0 Å². The van der Waals surface area contributed by atoms with E-state index in [2.05, 4.69) is 5.32 Å². The molecule has 0 aliphatic carbocycles. The summed E-state index contributed by atoms with van der Waals surface area (Å²) in [6.45, 7) is 0. The molecule has 5 heteroatoms. The van der Waals surface area contributed by atoms with Gasteiger partial charge in [-0.1, -0.05) is 42.5 Å². The topological polar surface area (TPSA) is 99.2 Å². The van der Waals surface area contributed by atoms with Crippen molar-refractivity contribution in [2.45, 2.75) is 0 Å². The number of nitrogens with one attached hydrogen (secondary N) is 2. The normalized spacial score (nSPS) is 10.2. The lowest BCUT2D eigenvalue weighted by molar-refractivity contribution is 0.102. The molecule has 0 saturated heterocycles. The van der Waals surface area contributed by atoms with Gasteiger partial charge in [-0.3, -0.25) is 10.2 Å². The summed E-state index contributed by atoms with van der Waals surface area (Å²) in [4.78, 5) is 12.3. The highest BCUT2D eigenvalue weighted by atomic mass is 16.3. The van der Waals surface area contributed by atoms with Gasteiger partial charge in [0.15, 0.2) is 0 Å². The zero-order valence-electron chi connectivity index (χ0n) is 13.4. The molecule has 0 atom stereocenters. The zero-order valence-corrected chi connectivity index (χ0v) is 13.4. The molecule has 0 radical (unpaired) electrons. The Morgan fingerprint density at radius 3 is 2.32 bits per heavy atom. The van der Waals surface area contributed by atoms with Gasteiger partial charge in [-0.15, -0.1) is 0 Å². The molecular formula is C20H17N3O2. The summed E-state index contributed by atoms with van der Waals surface area (Å²) in [5.74, 6) is -0.521. The van der Waals surface area contributed by atoms with Crippen LogP contribution in [0.15, 0.2) is 72.8 Å². The Morgan fingerprint density at radius 2 is 1.60 bits per heavy atom. The number of phenols is 1. The van der Waals surface area contributed by atoms with E-state index in [4.69, 9.17) is 11.1 Å². The van der Waals surface area contributed by atoms with Crippen molar-refractivity contribution < 1.29 is 9.90 Å². The lowest BCUT2D eigenvalue weighted by atomic mass is 10.0. The Morgan fingerprint density at radius 1 is 0.920 bits per heavy atom. The molecule has 5 N–H and O–H groups in total. The fourth-order valence-electron chi connectivity index (χ4n) is 2.47. The molecule has 0 bridgehead atoms. The highest BCUT2D eigenvalue weighted by Gasteiger charge is 2.13. The molecule has 0 heterocycles. The molecule has 3 aromatic rings. The first kappa shape index (κ1) is 16.3. The number of phenolic OH excluding ortho intramolecular Hbond substituents is 1. The molecule has 124 valence electrons. The van der Waals surface area contributed by atoms with E-state index in [0.29, 0.717) is 16.9 Å². The fourth-order valence-corrected chi connectivity index (χ4v) is 2.47. The van der Waals surface area contributed by atoms with Crippen LogP contribution in [-0.4, -0.2) is 16.7 Å². The van der Waals surface area contributed by atoms with Crippen LogP contribution in [0.3, 0.4) is 0 Å². The van der Waals surface area contributed by atoms with Crippen LogP contribution in [0.5, 0.6) is 5.75 Å². The Balaban J connectivity index is 1.88. The Hall–Kier alpha value is -3.60. The highest BCUT2D eigenvalue weighted by molar-refractivity contribution is 6.15. The lowest BCUT2D eigenvalue weighted by Gasteiger charge is -2.12. The third kappa shape index (κ3) is 3.50. The number of aromatic hydroxyl groups is 1. The molecule has 0 aliphatic rings. The van der Waals surface area contributed by atoms with Gasteiger partial charge in [0.2, 0.25) is 0 Å². The number of anilines is 2. The lowest BCUT2D eigenvalue weighted by Crippen LogP contribution is -2.13. The standard InChI is InChI=1S/C20H17N3O2/c21-17-11-10-14(23-20(25)15-8-4-5-9-18(15)24)12-16(17)19(22)13-6-2-1-3-7-13/h1-12,22,24H,21H2,(H,23,25). The number of hydrogen-bond donors (Lipinski definition) is 4. The van der Waals surface area contributed by atoms with Gasteiger partial charge in [-0.05, 0) is 30.3 Å². The van der Waals surface area contributed by atoms with Crippen LogP contribution in [0, 0.1) is 5.41 Å². The molecule has 0 fully saturated rings. The van der Waals surface area contributed by atoms with E-state index in [1.807, 2.05) is 30.3 Å². The van der Waals surface area contributed by atoms with Crippen LogP contribution < -0.4 is 11.1 Å². The van der Waals surface area contributed by atoms with Gasteiger partial charge < -0.3 is 16.2 Å². The van der Waals surface area contributed by atoms with E-state index in [9.17, 15) is 9.90 Å². The van der Waals surface area contributed by atoms with E-state index in [0.717, 1.165) is 5.56 Å². The second-order valence-corrected chi connectivity index (χ2v) is 5.51. The maximum absolute atomic E-state index is 12.3. The molecule has 3 rings (SSSR count). The first-order chi connectivity index (χ1) is 12.1. The number of hydrogen-bond acceptors (Lipinski definition) is 4. The van der Waals surface area contributed by atoms with E-state index in [1.165, 1.54) is 12.1 Å². The van der Waals surface area contributed by atoms with Crippen LogP contribution in [0.25, 0.3) is 0 Å². The molecule has 0 aliphatic heterocycles. The van der Waals surface area contributed by atoms with Crippen molar-refractivity contribution in [3.05, 3.63) is 89.5 Å². The summed E-state index contributed by atoms with van der Waals surface area (Å²) in [5, 5.41) is 20.9. The smallest absolute Gasteiger partial charge is 0.259 e. The maximum Gasteiger partial charge on any atom is 0.259 e. The zero-order chi connectivity index (χ0) is 17.8. The summed E-state index contributed by atoms with van der Waals surface area (Å²) in [7, 11) is 0. The van der Waals surface area contributed by atoms with Crippen LogP contribution in [0.4, 0.5) is 11.4 Å². The van der Waals surface area contributed by atoms with Crippen LogP contribution in [0.1, 0.15) is 21.5 Å². The van der Waals surface area contributed by atoms with Gasteiger partial charge in [0.05, 0.1) is 11.3 Å². The molecule has 5 nitrogen and oxygen atoms in total. The minimum absolute atomic E-state index is 0.0901. The Bertz CT molecular complexity index is 937. The monoisotopic (exact) mass is 331 g/mol. The third-order valence-corrected chi connectivity index (χ3v) is 3.79. The average Bonchev–Trinajstić information content (AvgIpc) is 2.63. The molecule has 0 saturated carbocycles. The second kappa shape index (κ2) is 6.88. The largest absolute Gasteiger partial charge is 0.507 e. The van der Waals surface area contributed by atoms with Gasteiger partial charge >= 0.3 is 0 Å². The van der Waals surface area contributed by atoms with Crippen molar-refractivity contribution in [3.63, 3.8) is 0 Å². The molecule has 0 unspecified atom stereocenters. The van der Waals surface area contributed by atoms with Crippen LogP contribution in [0.2, 0.25) is 0 Å². The number of carbonyl (C=O) groups is 1. The SMILES string of the molecule is N=C(c1ccccc1)c1cc(NC(=O)c2ccccc2O)ccc1N. The predicted octanol–water partition coefficient (Wildman–Crippen LogP) is 3.64. The summed E-state index contributed by atoms with van der Waals surface area (Å²) in [5.41, 5.74) is 8.67. The van der Waals surface area contributed by atoms with E-state index >= 15 is 0 Å². The Kier molecular flexibility index (Phi) is 4.48. The molecule has 0 spiro atoms. The molecule has 25 heavy (non-hydrogen) atoms. The van der Waals surface area contributed by atoms with Crippen molar-refractivity contribution in [1.29, 1.82) is 5.41 Å². The minimum Gasteiger partial charge on any atom is -0.507 e. The first-order valence-corrected chi connectivity index (χ1v) is 7.69. The highest BCUT2D eigenvalue weighted by Crippen LogP contribution is 2.23. The second-order valence-electron chi connectivity index (χ2n) is 5.51. The third-order valence-electron chi connectivity index (χ3n) is 3.79. The molecule has 3 aromatic carbocycles. The number of rotatable bonds is 4. The van der Waals surface area contributed by atoms with Gasteiger partial charge in [-0.25, -0.2) is 0 Å². The van der Waals surface area contributed by atoms with E-state index < -0.39 is 5.91 Å². The van der Waals surface area contributed by atoms with Crippen molar-refractivity contribution in [2.75, 3.05) is 11.1 Å². The molecular weight excluding hydrogens is 314 g/mol. The summed E-state index contributed by atoms with van der Waals surface area (Å²) in [6, 6.07) is 20.5. The minimum atomic E-state index is -0.430. The quantitative estimate of drug-likeness (QED) is 0.434. The van der Waals surface area contributed by atoms with Gasteiger partial charge in [0, 0.05) is 22.5 Å². The first-order valence-electron chi connectivity index (χ1n) is 7.69. The van der Waals surface area contributed by atoms with Crippen molar-refractivity contribution in [2.24, 2.45) is 0 Å². The summed E-state index contributed by atoms with van der Waals surface area (Å²) < 4.78 is 0.